The van der Waals surface area contributed by atoms with E-state index >= 15 is 0 Å². The molecule has 0 radical (unpaired) electrons. The molecule has 0 saturated carbocycles. The molecular weight excluding hydrogens is 458 g/mol. The van der Waals surface area contributed by atoms with E-state index in [0.29, 0.717) is 5.69 Å². The highest BCUT2D eigenvalue weighted by Gasteiger charge is 2.29. The van der Waals surface area contributed by atoms with Gasteiger partial charge in [0.05, 0.1) is 6.33 Å². The summed E-state index contributed by atoms with van der Waals surface area (Å²) in [5.41, 5.74) is 3.05. The number of nitrogens with zero attached hydrogens (tertiary/aromatic N) is 5. The van der Waals surface area contributed by atoms with Gasteiger partial charge in [-0.3, -0.25) is 23.5 Å². The SMILES string of the molecule is Cn1c(=O)c2ncn(CC(=O)N/N=C/[C@@H]3C(=O)Nc4ccc(Br)cc43)c2n(C)c1=O. The van der Waals surface area contributed by atoms with Gasteiger partial charge in [0.15, 0.2) is 5.52 Å². The molecule has 30 heavy (non-hydrogen) atoms. The molecule has 1 atom stereocenters. The van der Waals surface area contributed by atoms with Gasteiger partial charge >= 0.3 is 5.69 Å². The Morgan fingerprint density at radius 1 is 1.30 bits per heavy atom. The van der Waals surface area contributed by atoms with E-state index in [-0.39, 0.29) is 23.6 Å². The van der Waals surface area contributed by atoms with Gasteiger partial charge < -0.3 is 9.88 Å². The lowest BCUT2D eigenvalue weighted by Crippen LogP contribution is -2.37. The first-order valence-electron chi connectivity index (χ1n) is 8.81. The van der Waals surface area contributed by atoms with Crippen molar-refractivity contribution in [2.24, 2.45) is 19.2 Å². The van der Waals surface area contributed by atoms with E-state index in [0.717, 1.165) is 14.6 Å². The van der Waals surface area contributed by atoms with Crippen LogP contribution < -0.4 is 22.0 Å². The molecule has 2 aromatic heterocycles. The maximum Gasteiger partial charge on any atom is 0.332 e. The minimum absolute atomic E-state index is 0.0840. The normalized spacial score (nSPS) is 15.6. The summed E-state index contributed by atoms with van der Waals surface area (Å²) in [5.74, 6) is -1.38. The summed E-state index contributed by atoms with van der Waals surface area (Å²) >= 11 is 3.37. The molecule has 2 N–H and O–H groups in total. The highest BCUT2D eigenvalue weighted by Crippen LogP contribution is 2.33. The Morgan fingerprint density at radius 2 is 2.07 bits per heavy atom. The number of halogens is 1. The summed E-state index contributed by atoms with van der Waals surface area (Å²) < 4.78 is 4.41. The molecule has 0 saturated heterocycles. The molecular formula is C18H16BrN7O4. The molecule has 1 aliphatic heterocycles. The fraction of sp³-hybridized carbons (Fsp3) is 0.222. The highest BCUT2D eigenvalue weighted by molar-refractivity contribution is 9.10. The number of fused-ring (bicyclic) bond motifs is 2. The molecule has 154 valence electrons. The molecule has 3 heterocycles. The Bertz CT molecular complexity index is 1350. The van der Waals surface area contributed by atoms with Crippen LogP contribution in [0, 0.1) is 0 Å². The zero-order valence-electron chi connectivity index (χ0n) is 15.9. The minimum atomic E-state index is -0.629. The van der Waals surface area contributed by atoms with E-state index in [9.17, 15) is 19.2 Å². The number of nitrogens with one attached hydrogen (secondary N) is 2. The molecule has 1 aliphatic rings. The average molecular weight is 474 g/mol. The van der Waals surface area contributed by atoms with Gasteiger partial charge in [-0.25, -0.2) is 15.2 Å². The summed E-state index contributed by atoms with van der Waals surface area (Å²) in [7, 11) is 2.85. The van der Waals surface area contributed by atoms with Crippen LogP contribution in [0.25, 0.3) is 11.2 Å². The van der Waals surface area contributed by atoms with Gasteiger partial charge in [0, 0.05) is 30.5 Å². The second kappa shape index (κ2) is 7.37. The van der Waals surface area contributed by atoms with Crippen molar-refractivity contribution in [3.63, 3.8) is 0 Å². The molecule has 0 bridgehead atoms. The lowest BCUT2D eigenvalue weighted by molar-refractivity contribution is -0.121. The van der Waals surface area contributed by atoms with E-state index in [4.69, 9.17) is 0 Å². The zero-order chi connectivity index (χ0) is 21.6. The summed E-state index contributed by atoms with van der Waals surface area (Å²) in [4.78, 5) is 52.8. The number of carbonyl (C=O) groups is 2. The summed E-state index contributed by atoms with van der Waals surface area (Å²) in [6.45, 7) is -0.215. The molecule has 0 unspecified atom stereocenters. The third-order valence-corrected chi connectivity index (χ3v) is 5.32. The van der Waals surface area contributed by atoms with Crippen molar-refractivity contribution in [1.82, 2.24) is 24.1 Å². The third-order valence-electron chi connectivity index (χ3n) is 4.82. The summed E-state index contributed by atoms with van der Waals surface area (Å²) in [6.07, 6.45) is 2.66. The maximum atomic E-state index is 12.3. The Morgan fingerprint density at radius 3 is 2.83 bits per heavy atom. The van der Waals surface area contributed by atoms with Crippen molar-refractivity contribution in [2.45, 2.75) is 12.5 Å². The van der Waals surface area contributed by atoms with Crippen molar-refractivity contribution in [2.75, 3.05) is 5.32 Å². The second-order valence-corrected chi connectivity index (χ2v) is 7.68. The van der Waals surface area contributed by atoms with Crippen LogP contribution in [0.1, 0.15) is 11.5 Å². The van der Waals surface area contributed by atoms with Crippen molar-refractivity contribution in [3.8, 4) is 0 Å². The molecule has 4 rings (SSSR count). The number of aryl methyl sites for hydroxylation is 1. The maximum absolute atomic E-state index is 12.3. The number of imidazole rings is 1. The highest BCUT2D eigenvalue weighted by atomic mass is 79.9. The number of rotatable bonds is 4. The van der Waals surface area contributed by atoms with E-state index in [1.54, 1.807) is 6.07 Å². The first kappa shape index (κ1) is 19.8. The Balaban J connectivity index is 1.52. The predicted octanol–water partition coefficient (Wildman–Crippen LogP) is 0.0341. The fourth-order valence-electron chi connectivity index (χ4n) is 3.33. The van der Waals surface area contributed by atoms with Crippen molar-refractivity contribution < 1.29 is 9.59 Å². The zero-order valence-corrected chi connectivity index (χ0v) is 17.5. The van der Waals surface area contributed by atoms with Gasteiger partial charge in [-0.15, -0.1) is 0 Å². The number of hydrogen-bond donors (Lipinski definition) is 2. The average Bonchev–Trinajstić information content (AvgIpc) is 3.26. The van der Waals surface area contributed by atoms with Crippen molar-refractivity contribution in [3.05, 3.63) is 55.4 Å². The first-order valence-corrected chi connectivity index (χ1v) is 9.60. The van der Waals surface area contributed by atoms with Gasteiger partial charge in [0.1, 0.15) is 18.1 Å². The van der Waals surface area contributed by atoms with Crippen LogP contribution in [0.4, 0.5) is 5.69 Å². The van der Waals surface area contributed by atoms with Gasteiger partial charge in [-0.2, -0.15) is 5.10 Å². The number of anilines is 1. The monoisotopic (exact) mass is 473 g/mol. The van der Waals surface area contributed by atoms with Crippen LogP contribution in [0.5, 0.6) is 0 Å². The molecule has 1 aromatic carbocycles. The largest absolute Gasteiger partial charge is 0.332 e. The van der Waals surface area contributed by atoms with Gasteiger partial charge in [-0.1, -0.05) is 15.9 Å². The third kappa shape index (κ3) is 3.24. The van der Waals surface area contributed by atoms with Crippen molar-refractivity contribution in [1.29, 1.82) is 0 Å². The van der Waals surface area contributed by atoms with Crippen LogP contribution >= 0.6 is 15.9 Å². The summed E-state index contributed by atoms with van der Waals surface area (Å²) in [5, 5.41) is 6.65. The first-order chi connectivity index (χ1) is 14.3. The molecule has 12 heteroatoms. The number of carbonyl (C=O) groups excluding carboxylic acids is 2. The van der Waals surface area contributed by atoms with E-state index in [1.807, 2.05) is 12.1 Å². The van der Waals surface area contributed by atoms with E-state index < -0.39 is 23.1 Å². The molecule has 3 aromatic rings. The predicted molar refractivity (Wildman–Crippen MR) is 112 cm³/mol. The van der Waals surface area contributed by atoms with Crippen LogP contribution in [0.15, 0.2) is 43.7 Å². The van der Waals surface area contributed by atoms with E-state index in [1.165, 1.54) is 35.8 Å². The fourth-order valence-corrected chi connectivity index (χ4v) is 3.71. The minimum Gasteiger partial charge on any atom is -0.325 e. The standard InChI is InChI=1S/C18H16BrN7O4/c1-24-16-14(17(29)25(2)18(24)30)20-8-26(16)7-13(27)23-21-6-11-10-5-9(19)3-4-12(10)22-15(11)28/h3-6,8,11H,7H2,1-2H3,(H,22,28)(H,23,27)/b21-6+/t11-/m0/s1. The number of amides is 2. The molecule has 0 fully saturated rings. The molecule has 0 spiro atoms. The number of benzene rings is 1. The Kier molecular flexibility index (Phi) is 4.86. The number of aromatic nitrogens is 4. The quantitative estimate of drug-likeness (QED) is 0.407. The topological polar surface area (TPSA) is 132 Å². The Labute approximate surface area is 177 Å². The van der Waals surface area contributed by atoms with E-state index in [2.05, 4.69) is 36.8 Å². The van der Waals surface area contributed by atoms with Crippen LogP contribution in [0.3, 0.4) is 0 Å². The summed E-state index contributed by atoms with van der Waals surface area (Å²) in [6, 6.07) is 5.41. The molecule has 11 nitrogen and oxygen atoms in total. The van der Waals surface area contributed by atoms with Crippen molar-refractivity contribution >= 4 is 50.8 Å². The number of hydrogen-bond acceptors (Lipinski definition) is 6. The van der Waals surface area contributed by atoms with Crippen LogP contribution in [0.2, 0.25) is 0 Å². The van der Waals surface area contributed by atoms with Crippen LogP contribution in [-0.4, -0.2) is 36.7 Å². The molecule has 2 amide bonds. The number of hydrazone groups is 1. The lowest BCUT2D eigenvalue weighted by Gasteiger charge is -2.08. The smallest absolute Gasteiger partial charge is 0.325 e. The molecule has 0 aliphatic carbocycles. The van der Waals surface area contributed by atoms with Crippen LogP contribution in [-0.2, 0) is 30.2 Å². The van der Waals surface area contributed by atoms with Gasteiger partial charge in [0.25, 0.3) is 11.5 Å². The lowest BCUT2D eigenvalue weighted by atomic mass is 10.0. The second-order valence-electron chi connectivity index (χ2n) is 6.76. The van der Waals surface area contributed by atoms with Gasteiger partial charge in [-0.05, 0) is 23.8 Å². The van der Waals surface area contributed by atoms with Gasteiger partial charge in [0.2, 0.25) is 5.91 Å². The Hall–Kier alpha value is -3.54.